The summed E-state index contributed by atoms with van der Waals surface area (Å²) in [7, 11) is 1.33. The predicted octanol–water partition coefficient (Wildman–Crippen LogP) is 3.85. The van der Waals surface area contributed by atoms with Gasteiger partial charge in [0.1, 0.15) is 34.8 Å². The number of halogens is 2. The zero-order valence-electron chi connectivity index (χ0n) is 21.1. The fourth-order valence-corrected chi connectivity index (χ4v) is 4.86. The highest BCUT2D eigenvalue weighted by Crippen LogP contribution is 2.38. The Balaban J connectivity index is 1.57. The number of nitrogens with zero attached hydrogens (tertiary/aromatic N) is 4. The van der Waals surface area contributed by atoms with Crippen molar-refractivity contribution >= 4 is 16.8 Å². The van der Waals surface area contributed by atoms with Gasteiger partial charge < -0.3 is 24.0 Å². The van der Waals surface area contributed by atoms with Crippen molar-refractivity contribution in [2.75, 3.05) is 20.2 Å². The molecule has 38 heavy (non-hydrogen) atoms. The molecule has 0 spiro atoms. The third-order valence-corrected chi connectivity index (χ3v) is 6.69. The van der Waals surface area contributed by atoms with Crippen molar-refractivity contribution in [3.05, 3.63) is 81.4 Å². The number of likely N-dealkylation sites (N-methyl/N-ethyl adjacent to an activating group) is 1. The number of fused-ring (bicyclic) bond motifs is 3. The van der Waals surface area contributed by atoms with Crippen LogP contribution >= 0.6 is 0 Å². The van der Waals surface area contributed by atoms with E-state index in [2.05, 4.69) is 5.10 Å². The molecule has 1 amide bonds. The van der Waals surface area contributed by atoms with Gasteiger partial charge in [-0.25, -0.2) is 9.07 Å². The summed E-state index contributed by atoms with van der Waals surface area (Å²) >= 11 is 0. The Kier molecular flexibility index (Phi) is 6.52. The Morgan fingerprint density at radius 3 is 2.55 bits per heavy atom. The summed E-state index contributed by atoms with van der Waals surface area (Å²) in [6.45, 7) is 4.34. The zero-order chi connectivity index (χ0) is 27.1. The van der Waals surface area contributed by atoms with Crippen LogP contribution in [-0.2, 0) is 13.2 Å². The van der Waals surface area contributed by atoms with E-state index in [4.69, 9.17) is 9.47 Å². The van der Waals surface area contributed by atoms with Gasteiger partial charge in [-0.15, -0.1) is 5.10 Å². The molecule has 0 radical (unpaired) electrons. The van der Waals surface area contributed by atoms with E-state index in [0.29, 0.717) is 18.7 Å². The maximum atomic E-state index is 15.5. The van der Waals surface area contributed by atoms with Crippen LogP contribution in [0.15, 0.2) is 47.3 Å². The van der Waals surface area contributed by atoms with Gasteiger partial charge in [0, 0.05) is 30.8 Å². The fraction of sp³-hybridized carbons (Fsp3) is 0.296. The number of phenols is 1. The first-order valence-electron chi connectivity index (χ1n) is 12.1. The van der Waals surface area contributed by atoms with E-state index in [9.17, 15) is 19.1 Å². The van der Waals surface area contributed by atoms with Crippen LogP contribution in [-0.4, -0.2) is 50.5 Å². The Bertz CT molecular complexity index is 1600. The molecule has 4 aromatic rings. The summed E-state index contributed by atoms with van der Waals surface area (Å²) in [6.07, 6.45) is 0. The molecule has 1 aliphatic heterocycles. The van der Waals surface area contributed by atoms with E-state index >= 15 is 4.39 Å². The lowest BCUT2D eigenvalue weighted by Crippen LogP contribution is -2.42. The maximum absolute atomic E-state index is 15.5. The average molecular weight is 525 g/mol. The number of ether oxygens (including phenoxy) is 2. The van der Waals surface area contributed by atoms with Crippen LogP contribution < -0.4 is 15.0 Å². The zero-order valence-corrected chi connectivity index (χ0v) is 21.1. The first-order valence-corrected chi connectivity index (χ1v) is 12.1. The summed E-state index contributed by atoms with van der Waals surface area (Å²) in [5, 5.41) is 13.3. The summed E-state index contributed by atoms with van der Waals surface area (Å²) in [5.74, 6) is -1.58. The molecule has 3 heterocycles. The van der Waals surface area contributed by atoms with Crippen LogP contribution in [0.5, 0.6) is 17.2 Å². The van der Waals surface area contributed by atoms with Crippen molar-refractivity contribution in [3.63, 3.8) is 0 Å². The summed E-state index contributed by atoms with van der Waals surface area (Å²) in [5.41, 5.74) is 0.487. The van der Waals surface area contributed by atoms with Crippen molar-refractivity contribution in [2.24, 2.45) is 0 Å². The van der Waals surface area contributed by atoms with Crippen LogP contribution in [0.2, 0.25) is 0 Å². The monoisotopic (exact) mass is 524 g/mol. The Morgan fingerprint density at radius 1 is 1.13 bits per heavy atom. The van der Waals surface area contributed by atoms with Crippen molar-refractivity contribution in [3.8, 4) is 17.2 Å². The van der Waals surface area contributed by atoms with Crippen LogP contribution in [0, 0.1) is 11.8 Å². The van der Waals surface area contributed by atoms with Crippen molar-refractivity contribution in [1.82, 2.24) is 19.2 Å². The molecule has 1 aliphatic rings. The van der Waals surface area contributed by atoms with Gasteiger partial charge in [-0.3, -0.25) is 9.59 Å². The highest BCUT2D eigenvalue weighted by molar-refractivity contribution is 6.04. The van der Waals surface area contributed by atoms with Gasteiger partial charge in [0.15, 0.2) is 11.4 Å². The Labute approximate surface area is 216 Å². The smallest absolute Gasteiger partial charge is 0.280 e. The topological polar surface area (TPSA) is 98.8 Å². The number of rotatable bonds is 7. The number of hydrogen-bond donors (Lipinski definition) is 1. The van der Waals surface area contributed by atoms with Gasteiger partial charge in [-0.2, -0.15) is 4.39 Å². The second kappa shape index (κ2) is 9.81. The molecule has 2 aromatic carbocycles. The molecule has 0 saturated heterocycles. The van der Waals surface area contributed by atoms with Gasteiger partial charge in [0.05, 0.1) is 13.7 Å². The van der Waals surface area contributed by atoms with E-state index in [-0.39, 0.29) is 58.9 Å². The van der Waals surface area contributed by atoms with Gasteiger partial charge in [0.25, 0.3) is 17.4 Å². The van der Waals surface area contributed by atoms with E-state index in [1.54, 1.807) is 17.0 Å². The largest absolute Gasteiger partial charge is 0.508 e. The molecule has 0 aliphatic carbocycles. The molecule has 5 rings (SSSR count). The molecular weight excluding hydrogens is 498 g/mol. The van der Waals surface area contributed by atoms with E-state index in [0.717, 1.165) is 10.2 Å². The molecule has 9 nitrogen and oxygen atoms in total. The number of aromatic nitrogens is 3. The predicted molar refractivity (Wildman–Crippen MR) is 135 cm³/mol. The van der Waals surface area contributed by atoms with Crippen molar-refractivity contribution < 1.29 is 28.2 Å². The lowest BCUT2D eigenvalue weighted by molar-refractivity contribution is 0.0685. The van der Waals surface area contributed by atoms with Gasteiger partial charge in [0.2, 0.25) is 0 Å². The third-order valence-electron chi connectivity index (χ3n) is 6.69. The minimum Gasteiger partial charge on any atom is -0.508 e. The first kappa shape index (κ1) is 25.2. The molecule has 2 aromatic heterocycles. The molecule has 0 fully saturated rings. The van der Waals surface area contributed by atoms with Crippen molar-refractivity contribution in [2.45, 2.75) is 33.0 Å². The SMILES string of the molecule is CCN1C[C@H](C)n2c(c(OC)c3c(=O)n(Cc4ccc(F)cc4OCc4ccc(O)cc4)nc(F)c32)C1=O. The maximum Gasteiger partial charge on any atom is 0.280 e. The van der Waals surface area contributed by atoms with Gasteiger partial charge in [-0.1, -0.05) is 18.2 Å². The molecule has 0 unspecified atom stereocenters. The number of benzene rings is 2. The summed E-state index contributed by atoms with van der Waals surface area (Å²) < 4.78 is 43.3. The second-order valence-corrected chi connectivity index (χ2v) is 9.13. The number of methoxy groups -OCH3 is 1. The number of aromatic hydroxyl groups is 1. The Hall–Kier alpha value is -4.41. The molecular formula is C27H26F2N4O5. The molecule has 11 heteroatoms. The third kappa shape index (κ3) is 4.23. The van der Waals surface area contributed by atoms with Crippen LogP contribution in [0.25, 0.3) is 10.9 Å². The lowest BCUT2D eigenvalue weighted by Gasteiger charge is -2.32. The highest BCUT2D eigenvalue weighted by Gasteiger charge is 2.37. The molecule has 1 N–H and O–H groups in total. The minimum atomic E-state index is -0.928. The van der Waals surface area contributed by atoms with E-state index < -0.39 is 17.3 Å². The summed E-state index contributed by atoms with van der Waals surface area (Å²) in [6, 6.07) is 9.83. The van der Waals surface area contributed by atoms with E-state index in [1.807, 2.05) is 13.8 Å². The average Bonchev–Trinajstić information content (AvgIpc) is 3.27. The standard InChI is InChI=1S/C27H26F2N4O5/c1-4-31-12-15(2)33-22-21(24(37-3)23(33)27(31)36)26(35)32(30-25(22)29)13-17-7-8-18(28)11-20(17)38-14-16-5-9-19(34)10-6-16/h5-11,15,34H,4,12-14H2,1-3H3/t15-/m0/s1. The fourth-order valence-electron chi connectivity index (χ4n) is 4.86. The summed E-state index contributed by atoms with van der Waals surface area (Å²) in [4.78, 5) is 28.4. The van der Waals surface area contributed by atoms with Gasteiger partial charge >= 0.3 is 0 Å². The van der Waals surface area contributed by atoms with Crippen LogP contribution in [0.4, 0.5) is 8.78 Å². The minimum absolute atomic E-state index is 0.00189. The normalized spacial score (nSPS) is 15.1. The quantitative estimate of drug-likeness (QED) is 0.394. The lowest BCUT2D eigenvalue weighted by atomic mass is 10.2. The number of phenolic OH excluding ortho intramolecular Hbond substituents is 1. The second-order valence-electron chi connectivity index (χ2n) is 9.13. The van der Waals surface area contributed by atoms with Crippen LogP contribution in [0.1, 0.15) is 41.5 Å². The van der Waals surface area contributed by atoms with Crippen LogP contribution in [0.3, 0.4) is 0 Å². The number of hydrogen-bond acceptors (Lipinski definition) is 6. The Morgan fingerprint density at radius 2 is 1.87 bits per heavy atom. The highest BCUT2D eigenvalue weighted by atomic mass is 19.1. The molecule has 0 bridgehead atoms. The molecule has 198 valence electrons. The number of carbonyl (C=O) groups excluding carboxylic acids is 1. The molecule has 1 atom stereocenters. The molecule has 0 saturated carbocycles. The van der Waals surface area contributed by atoms with E-state index in [1.165, 1.54) is 42.0 Å². The number of carbonyl (C=O) groups is 1. The van der Waals surface area contributed by atoms with Crippen molar-refractivity contribution in [1.29, 1.82) is 0 Å². The first-order chi connectivity index (χ1) is 18.2. The van der Waals surface area contributed by atoms with Gasteiger partial charge in [-0.05, 0) is 37.6 Å². The number of amides is 1.